The second-order valence-electron chi connectivity index (χ2n) is 8.62. The van der Waals surface area contributed by atoms with Crippen molar-refractivity contribution in [1.29, 1.82) is 0 Å². The fraction of sp³-hybridized carbons (Fsp3) is 0.440. The van der Waals surface area contributed by atoms with Crippen LogP contribution in [0.1, 0.15) is 32.8 Å². The third kappa shape index (κ3) is 6.88. The summed E-state index contributed by atoms with van der Waals surface area (Å²) in [6.07, 6.45) is 2.32. The third-order valence-electron chi connectivity index (χ3n) is 5.98. The first-order valence-electron chi connectivity index (χ1n) is 11.6. The molecule has 35 heavy (non-hydrogen) atoms. The Balaban J connectivity index is 1.85. The van der Waals surface area contributed by atoms with Crippen molar-refractivity contribution < 1.29 is 27.5 Å². The van der Waals surface area contributed by atoms with Crippen LogP contribution < -0.4 is 19.1 Å². The predicted molar refractivity (Wildman–Crippen MR) is 134 cm³/mol. The highest BCUT2D eigenvalue weighted by molar-refractivity contribution is 7.92. The summed E-state index contributed by atoms with van der Waals surface area (Å²) in [6, 6.07) is 13.5. The number of carbonyl (C=O) groups is 2. The minimum atomic E-state index is -3.81. The Bertz CT molecular complexity index is 1140. The van der Waals surface area contributed by atoms with Gasteiger partial charge in [-0.25, -0.2) is 8.42 Å². The summed E-state index contributed by atoms with van der Waals surface area (Å²) in [5.41, 5.74) is 1.29. The van der Waals surface area contributed by atoms with Crippen molar-refractivity contribution in [2.45, 2.75) is 45.7 Å². The topological polar surface area (TPSA) is 105 Å². The molecule has 0 saturated heterocycles. The lowest BCUT2D eigenvalue weighted by Crippen LogP contribution is -2.53. The van der Waals surface area contributed by atoms with Crippen LogP contribution in [0.5, 0.6) is 11.5 Å². The van der Waals surface area contributed by atoms with E-state index in [1.54, 1.807) is 19.1 Å². The Labute approximate surface area is 207 Å². The fourth-order valence-corrected chi connectivity index (χ4v) is 4.53. The van der Waals surface area contributed by atoms with Gasteiger partial charge in [0.2, 0.25) is 28.6 Å². The summed E-state index contributed by atoms with van der Waals surface area (Å²) in [5.74, 6) is 0.157. The predicted octanol–water partition coefficient (Wildman–Crippen LogP) is 2.56. The van der Waals surface area contributed by atoms with Crippen molar-refractivity contribution >= 4 is 27.5 Å². The van der Waals surface area contributed by atoms with Gasteiger partial charge in [0.25, 0.3) is 0 Å². The van der Waals surface area contributed by atoms with Gasteiger partial charge >= 0.3 is 0 Å². The Morgan fingerprint density at radius 1 is 1.06 bits per heavy atom. The quantitative estimate of drug-likeness (QED) is 0.505. The van der Waals surface area contributed by atoms with Crippen LogP contribution in [0.15, 0.2) is 48.5 Å². The molecule has 0 radical (unpaired) electrons. The molecule has 9 nitrogen and oxygen atoms in total. The van der Waals surface area contributed by atoms with Gasteiger partial charge in [-0.15, -0.1) is 0 Å². The average molecular weight is 504 g/mol. The van der Waals surface area contributed by atoms with E-state index >= 15 is 0 Å². The van der Waals surface area contributed by atoms with E-state index in [1.807, 2.05) is 44.2 Å². The molecule has 2 amide bonds. The van der Waals surface area contributed by atoms with Crippen molar-refractivity contribution in [3.63, 3.8) is 0 Å². The zero-order valence-corrected chi connectivity index (χ0v) is 21.4. The normalized spacial score (nSPS) is 14.2. The average Bonchev–Trinajstić information content (AvgIpc) is 3.30. The van der Waals surface area contributed by atoms with E-state index in [0.717, 1.165) is 22.5 Å². The number of hydrogen-bond acceptors (Lipinski definition) is 6. The minimum Gasteiger partial charge on any atom is -0.454 e. The maximum atomic E-state index is 13.5. The molecule has 0 unspecified atom stereocenters. The van der Waals surface area contributed by atoms with E-state index in [2.05, 4.69) is 5.32 Å². The summed E-state index contributed by atoms with van der Waals surface area (Å²) in [7, 11) is -3.81. The number of fused-ring (bicyclic) bond motifs is 1. The lowest BCUT2D eigenvalue weighted by molar-refractivity contribution is -0.139. The highest BCUT2D eigenvalue weighted by atomic mass is 32.2. The molecule has 1 heterocycles. The van der Waals surface area contributed by atoms with Crippen LogP contribution >= 0.6 is 0 Å². The van der Waals surface area contributed by atoms with Crippen LogP contribution in [0.3, 0.4) is 0 Å². The Kier molecular flexibility index (Phi) is 8.61. The van der Waals surface area contributed by atoms with Crippen molar-refractivity contribution in [1.82, 2.24) is 10.2 Å². The van der Waals surface area contributed by atoms with E-state index in [9.17, 15) is 18.0 Å². The van der Waals surface area contributed by atoms with Crippen molar-refractivity contribution in [2.75, 3.05) is 30.4 Å². The number of benzene rings is 2. The van der Waals surface area contributed by atoms with Crippen LogP contribution in [0.2, 0.25) is 0 Å². The highest BCUT2D eigenvalue weighted by Crippen LogP contribution is 2.36. The summed E-state index contributed by atoms with van der Waals surface area (Å²) >= 11 is 0. The Morgan fingerprint density at radius 3 is 2.40 bits per heavy atom. The number of ether oxygens (including phenoxy) is 2. The van der Waals surface area contributed by atoms with E-state index in [4.69, 9.17) is 9.47 Å². The van der Waals surface area contributed by atoms with Gasteiger partial charge in [-0.2, -0.15) is 0 Å². The van der Waals surface area contributed by atoms with Gasteiger partial charge in [0, 0.05) is 18.7 Å². The molecule has 1 aliphatic rings. The van der Waals surface area contributed by atoms with E-state index in [-0.39, 0.29) is 31.0 Å². The molecule has 190 valence electrons. The van der Waals surface area contributed by atoms with Crippen molar-refractivity contribution in [3.05, 3.63) is 54.1 Å². The largest absolute Gasteiger partial charge is 0.454 e. The number of nitrogens with zero attached hydrogens (tertiary/aromatic N) is 2. The van der Waals surface area contributed by atoms with Gasteiger partial charge in [0.05, 0.1) is 11.9 Å². The first kappa shape index (κ1) is 26.3. The molecule has 0 bridgehead atoms. The zero-order valence-electron chi connectivity index (χ0n) is 20.6. The van der Waals surface area contributed by atoms with Gasteiger partial charge in [-0.1, -0.05) is 37.3 Å². The van der Waals surface area contributed by atoms with Crippen molar-refractivity contribution in [2.24, 2.45) is 0 Å². The van der Waals surface area contributed by atoms with Gasteiger partial charge in [-0.05, 0) is 44.4 Å². The van der Waals surface area contributed by atoms with Crippen LogP contribution in [-0.2, 0) is 26.0 Å². The zero-order chi connectivity index (χ0) is 25.6. The Morgan fingerprint density at radius 2 is 1.74 bits per heavy atom. The molecule has 0 aliphatic carbocycles. The SMILES string of the molecule is CC[C@@H](C)NC(=O)[C@@H](C)N(CCc1ccccc1)C(=O)CN(c1ccc2c(c1)OCO2)S(C)(=O)=O. The second kappa shape index (κ2) is 11.4. The van der Waals surface area contributed by atoms with Crippen LogP contribution in [0.25, 0.3) is 0 Å². The summed E-state index contributed by atoms with van der Waals surface area (Å²) in [6.45, 7) is 5.37. The van der Waals surface area contributed by atoms with E-state index in [1.165, 1.54) is 11.0 Å². The fourth-order valence-electron chi connectivity index (χ4n) is 3.69. The number of carbonyl (C=O) groups excluding carboxylic acids is 2. The monoisotopic (exact) mass is 503 g/mol. The van der Waals surface area contributed by atoms with Crippen LogP contribution in [-0.4, -0.2) is 63.4 Å². The van der Waals surface area contributed by atoms with E-state index < -0.39 is 28.5 Å². The number of sulfonamides is 1. The Hall–Kier alpha value is -3.27. The lowest BCUT2D eigenvalue weighted by atomic mass is 10.1. The van der Waals surface area contributed by atoms with Gasteiger partial charge < -0.3 is 19.7 Å². The number of hydrogen-bond donors (Lipinski definition) is 1. The molecule has 1 aliphatic heterocycles. The molecule has 10 heteroatoms. The molecular formula is C25H33N3O6S. The number of amides is 2. The molecule has 0 spiro atoms. The molecular weight excluding hydrogens is 470 g/mol. The molecule has 2 aromatic carbocycles. The maximum Gasteiger partial charge on any atom is 0.244 e. The van der Waals surface area contributed by atoms with Crippen LogP contribution in [0.4, 0.5) is 5.69 Å². The maximum absolute atomic E-state index is 13.5. The summed E-state index contributed by atoms with van der Waals surface area (Å²) in [5, 5.41) is 2.91. The molecule has 2 atom stereocenters. The smallest absolute Gasteiger partial charge is 0.244 e. The van der Waals surface area contributed by atoms with Crippen LogP contribution in [0, 0.1) is 0 Å². The molecule has 1 N–H and O–H groups in total. The van der Waals surface area contributed by atoms with Crippen molar-refractivity contribution in [3.8, 4) is 11.5 Å². The summed E-state index contributed by atoms with van der Waals surface area (Å²) in [4.78, 5) is 27.8. The molecule has 0 saturated carbocycles. The van der Waals surface area contributed by atoms with Gasteiger partial charge in [0.15, 0.2) is 11.5 Å². The summed E-state index contributed by atoms with van der Waals surface area (Å²) < 4.78 is 37.0. The highest BCUT2D eigenvalue weighted by Gasteiger charge is 2.30. The minimum absolute atomic E-state index is 0.0443. The van der Waals surface area contributed by atoms with Gasteiger partial charge in [0.1, 0.15) is 12.6 Å². The van der Waals surface area contributed by atoms with E-state index in [0.29, 0.717) is 17.9 Å². The standard InChI is InChI=1S/C25H33N3O6S/c1-5-18(2)26-25(30)19(3)27(14-13-20-9-7-6-8-10-20)24(29)16-28(35(4,31)32)21-11-12-22-23(15-21)34-17-33-22/h6-12,15,18-19H,5,13-14,16-17H2,1-4H3,(H,26,30)/t18-,19-/m1/s1. The molecule has 0 fully saturated rings. The molecule has 0 aromatic heterocycles. The molecule has 3 rings (SSSR count). The second-order valence-corrected chi connectivity index (χ2v) is 10.5. The van der Waals surface area contributed by atoms with Gasteiger partial charge in [-0.3, -0.25) is 13.9 Å². The first-order chi connectivity index (χ1) is 16.6. The molecule has 2 aromatic rings. The number of anilines is 1. The third-order valence-corrected chi connectivity index (χ3v) is 7.12. The first-order valence-corrected chi connectivity index (χ1v) is 13.5. The lowest BCUT2D eigenvalue weighted by Gasteiger charge is -2.32. The number of nitrogens with one attached hydrogen (secondary N) is 1. The number of rotatable bonds is 11.